The van der Waals surface area contributed by atoms with Crippen LogP contribution in [-0.2, 0) is 11.3 Å². The average molecular weight is 274 g/mol. The minimum Gasteiger partial charge on any atom is -0.445 e. The van der Waals surface area contributed by atoms with Crippen molar-refractivity contribution in [2.45, 2.75) is 26.5 Å². The van der Waals surface area contributed by atoms with E-state index >= 15 is 0 Å². The smallest absolute Gasteiger partial charge is 0.410 e. The predicted octanol–water partition coefficient (Wildman–Crippen LogP) is 2.35. The van der Waals surface area contributed by atoms with Crippen molar-refractivity contribution >= 4 is 6.09 Å². The summed E-state index contributed by atoms with van der Waals surface area (Å²) < 4.78 is 5.34. The van der Waals surface area contributed by atoms with Crippen molar-refractivity contribution in [2.24, 2.45) is 5.41 Å². The van der Waals surface area contributed by atoms with Crippen LogP contribution < -0.4 is 0 Å². The number of carbonyl (C=O) groups excluding carboxylic acids is 1. The second kappa shape index (κ2) is 5.09. The predicted molar refractivity (Wildman–Crippen MR) is 77.3 cm³/mol. The monoisotopic (exact) mass is 274 g/mol. The van der Waals surface area contributed by atoms with Crippen molar-refractivity contribution < 1.29 is 9.53 Å². The van der Waals surface area contributed by atoms with Crippen LogP contribution in [0.15, 0.2) is 30.3 Å². The van der Waals surface area contributed by atoms with E-state index in [4.69, 9.17) is 4.74 Å². The van der Waals surface area contributed by atoms with Gasteiger partial charge >= 0.3 is 6.09 Å². The van der Waals surface area contributed by atoms with Crippen molar-refractivity contribution in [3.8, 4) is 0 Å². The van der Waals surface area contributed by atoms with Crippen molar-refractivity contribution in [1.29, 1.82) is 0 Å². The van der Waals surface area contributed by atoms with Crippen LogP contribution >= 0.6 is 0 Å². The molecule has 108 valence electrons. The van der Waals surface area contributed by atoms with E-state index in [9.17, 15) is 4.79 Å². The molecule has 0 atom stereocenters. The Hall–Kier alpha value is -1.55. The van der Waals surface area contributed by atoms with Crippen LogP contribution in [0, 0.1) is 5.41 Å². The Kier molecular flexibility index (Phi) is 3.42. The molecule has 4 heteroatoms. The van der Waals surface area contributed by atoms with Gasteiger partial charge in [0.15, 0.2) is 0 Å². The first-order valence-corrected chi connectivity index (χ1v) is 7.28. The molecule has 2 aliphatic rings. The number of rotatable bonds is 3. The van der Waals surface area contributed by atoms with E-state index in [-0.39, 0.29) is 6.09 Å². The van der Waals surface area contributed by atoms with Gasteiger partial charge in [0, 0.05) is 37.6 Å². The Morgan fingerprint density at radius 1 is 1.20 bits per heavy atom. The molecule has 1 amide bonds. The molecule has 0 N–H and O–H groups in total. The van der Waals surface area contributed by atoms with E-state index in [1.807, 2.05) is 35.2 Å². The van der Waals surface area contributed by atoms with Crippen LogP contribution in [0.2, 0.25) is 0 Å². The molecule has 0 bridgehead atoms. The van der Waals surface area contributed by atoms with Gasteiger partial charge in [-0.05, 0) is 19.4 Å². The molecule has 0 aromatic heterocycles. The van der Waals surface area contributed by atoms with E-state index in [0.717, 1.165) is 31.7 Å². The summed E-state index contributed by atoms with van der Waals surface area (Å²) in [6.07, 6.45) is -0.178. The van der Waals surface area contributed by atoms with Gasteiger partial charge in [-0.15, -0.1) is 0 Å². The van der Waals surface area contributed by atoms with E-state index < -0.39 is 0 Å². The fourth-order valence-corrected chi connectivity index (χ4v) is 3.08. The standard InChI is InChI=1S/C16H22N2O2/c1-13(2)17-9-16(10-17)11-18(12-16)15(19)20-8-14-6-4-3-5-7-14/h3-7,13H,8-12H2,1-2H3. The number of amides is 1. The molecule has 0 saturated carbocycles. The molecule has 1 aromatic rings. The number of nitrogens with zero attached hydrogens (tertiary/aromatic N) is 2. The fraction of sp³-hybridized carbons (Fsp3) is 0.562. The normalized spacial score (nSPS) is 20.6. The lowest BCUT2D eigenvalue weighted by Gasteiger charge is -2.60. The van der Waals surface area contributed by atoms with Crippen LogP contribution in [0.5, 0.6) is 0 Å². The minimum absolute atomic E-state index is 0.178. The summed E-state index contributed by atoms with van der Waals surface area (Å²) in [5.74, 6) is 0. The number of likely N-dealkylation sites (tertiary alicyclic amines) is 2. The molecule has 0 unspecified atom stereocenters. The van der Waals surface area contributed by atoms with Gasteiger partial charge in [0.1, 0.15) is 6.61 Å². The maximum absolute atomic E-state index is 11.9. The number of hydrogen-bond acceptors (Lipinski definition) is 3. The van der Waals surface area contributed by atoms with Crippen LogP contribution in [0.1, 0.15) is 19.4 Å². The van der Waals surface area contributed by atoms with Gasteiger partial charge in [-0.1, -0.05) is 30.3 Å². The zero-order valence-electron chi connectivity index (χ0n) is 12.2. The highest BCUT2D eigenvalue weighted by atomic mass is 16.6. The number of hydrogen-bond donors (Lipinski definition) is 0. The minimum atomic E-state index is -0.178. The summed E-state index contributed by atoms with van der Waals surface area (Å²) in [5, 5.41) is 0. The summed E-state index contributed by atoms with van der Waals surface area (Å²) in [6, 6.07) is 10.4. The molecule has 20 heavy (non-hydrogen) atoms. The van der Waals surface area contributed by atoms with Crippen LogP contribution in [0.4, 0.5) is 4.79 Å². The second-order valence-electron chi connectivity index (χ2n) is 6.39. The van der Waals surface area contributed by atoms with Crippen molar-refractivity contribution in [3.05, 3.63) is 35.9 Å². The summed E-state index contributed by atoms with van der Waals surface area (Å²) in [6.45, 7) is 8.74. The molecular weight excluding hydrogens is 252 g/mol. The highest BCUT2D eigenvalue weighted by molar-refractivity contribution is 5.69. The Morgan fingerprint density at radius 3 is 2.45 bits per heavy atom. The lowest BCUT2D eigenvalue weighted by molar-refractivity contribution is -0.116. The molecule has 1 spiro atoms. The molecule has 2 heterocycles. The lowest BCUT2D eigenvalue weighted by atomic mass is 9.72. The van der Waals surface area contributed by atoms with E-state index in [1.54, 1.807) is 0 Å². The fourth-order valence-electron chi connectivity index (χ4n) is 3.08. The lowest BCUT2D eigenvalue weighted by Crippen LogP contribution is -2.73. The SMILES string of the molecule is CC(C)N1CC2(CN(C(=O)OCc3ccccc3)C2)C1. The summed E-state index contributed by atoms with van der Waals surface area (Å²) in [7, 11) is 0. The van der Waals surface area contributed by atoms with E-state index in [2.05, 4.69) is 18.7 Å². The molecule has 0 aliphatic carbocycles. The topological polar surface area (TPSA) is 32.8 Å². The summed E-state index contributed by atoms with van der Waals surface area (Å²) in [5.41, 5.74) is 1.39. The van der Waals surface area contributed by atoms with Gasteiger partial charge in [-0.25, -0.2) is 4.79 Å². The van der Waals surface area contributed by atoms with Crippen molar-refractivity contribution in [2.75, 3.05) is 26.2 Å². The number of benzene rings is 1. The maximum Gasteiger partial charge on any atom is 0.410 e. The first kappa shape index (κ1) is 13.4. The quantitative estimate of drug-likeness (QED) is 0.848. The van der Waals surface area contributed by atoms with Gasteiger partial charge in [0.2, 0.25) is 0 Å². The molecular formula is C16H22N2O2. The molecule has 2 saturated heterocycles. The summed E-state index contributed by atoms with van der Waals surface area (Å²) in [4.78, 5) is 16.2. The average Bonchev–Trinajstić information content (AvgIpc) is 2.34. The zero-order valence-corrected chi connectivity index (χ0v) is 12.2. The van der Waals surface area contributed by atoms with Gasteiger partial charge in [0.25, 0.3) is 0 Å². The van der Waals surface area contributed by atoms with Gasteiger partial charge in [-0.3, -0.25) is 4.90 Å². The van der Waals surface area contributed by atoms with Crippen molar-refractivity contribution in [1.82, 2.24) is 9.80 Å². The summed E-state index contributed by atoms with van der Waals surface area (Å²) >= 11 is 0. The third-order valence-electron chi connectivity index (χ3n) is 4.32. The van der Waals surface area contributed by atoms with Crippen LogP contribution in [-0.4, -0.2) is 48.1 Å². The molecule has 2 fully saturated rings. The Morgan fingerprint density at radius 2 is 1.85 bits per heavy atom. The molecule has 1 aromatic carbocycles. The number of ether oxygens (including phenoxy) is 1. The van der Waals surface area contributed by atoms with Gasteiger partial charge in [0.05, 0.1) is 0 Å². The van der Waals surface area contributed by atoms with Crippen LogP contribution in [0.3, 0.4) is 0 Å². The Bertz CT molecular complexity index is 473. The first-order chi connectivity index (χ1) is 9.58. The van der Waals surface area contributed by atoms with E-state index in [1.165, 1.54) is 0 Å². The second-order valence-corrected chi connectivity index (χ2v) is 6.39. The Balaban J connectivity index is 1.41. The van der Waals surface area contributed by atoms with E-state index in [0.29, 0.717) is 18.1 Å². The van der Waals surface area contributed by atoms with Crippen molar-refractivity contribution in [3.63, 3.8) is 0 Å². The third-order valence-corrected chi connectivity index (χ3v) is 4.32. The zero-order chi connectivity index (χ0) is 14.2. The molecule has 3 rings (SSSR count). The Labute approximate surface area is 120 Å². The molecule has 4 nitrogen and oxygen atoms in total. The highest BCUT2D eigenvalue weighted by Gasteiger charge is 2.53. The van der Waals surface area contributed by atoms with Crippen LogP contribution in [0.25, 0.3) is 0 Å². The number of carbonyl (C=O) groups is 1. The van der Waals surface area contributed by atoms with Gasteiger partial charge in [-0.2, -0.15) is 0 Å². The maximum atomic E-state index is 11.9. The largest absolute Gasteiger partial charge is 0.445 e. The molecule has 0 radical (unpaired) electrons. The third kappa shape index (κ3) is 2.52. The highest BCUT2D eigenvalue weighted by Crippen LogP contribution is 2.40. The van der Waals surface area contributed by atoms with Gasteiger partial charge < -0.3 is 9.64 Å². The molecule has 2 aliphatic heterocycles. The first-order valence-electron chi connectivity index (χ1n) is 7.28.